The second-order valence-electron chi connectivity index (χ2n) is 8.87. The number of nitrogens with two attached hydrogens (primary N) is 1. The smallest absolute Gasteiger partial charge is 0.383 e. The lowest BCUT2D eigenvalue weighted by molar-refractivity contribution is -0.137. The zero-order valence-electron chi connectivity index (χ0n) is 17.6. The van der Waals surface area contributed by atoms with E-state index in [0.29, 0.717) is 23.2 Å². The van der Waals surface area contributed by atoms with E-state index in [9.17, 15) is 13.2 Å². The number of alkyl halides is 3. The maximum absolute atomic E-state index is 13.3. The number of rotatable bonds is 4. The average Bonchev–Trinajstić information content (AvgIpc) is 3.09. The van der Waals surface area contributed by atoms with Gasteiger partial charge < -0.3 is 15.0 Å². The molecule has 0 bridgehead atoms. The van der Waals surface area contributed by atoms with Crippen molar-refractivity contribution in [3.63, 3.8) is 0 Å². The number of pyridine rings is 1. The SMILES string of the molecule is CC(C)c1nc(-c2cnc(N)c(C(F)(F)F)c2)cn1C1C2=CC(N3CCOCC3)C[C@@H]21. The van der Waals surface area contributed by atoms with Crippen LogP contribution in [0.3, 0.4) is 0 Å². The highest BCUT2D eigenvalue weighted by Gasteiger charge is 2.52. The Labute approximate surface area is 178 Å². The molecule has 9 heteroatoms. The first kappa shape index (κ1) is 20.5. The topological polar surface area (TPSA) is 69.2 Å². The van der Waals surface area contributed by atoms with E-state index in [2.05, 4.69) is 20.5 Å². The van der Waals surface area contributed by atoms with Crippen LogP contribution >= 0.6 is 0 Å². The molecule has 1 saturated carbocycles. The first-order valence-corrected chi connectivity index (χ1v) is 10.7. The molecule has 3 atom stereocenters. The van der Waals surface area contributed by atoms with E-state index >= 15 is 0 Å². The molecule has 0 amide bonds. The fraction of sp³-hybridized carbons (Fsp3) is 0.545. The molecule has 2 N–H and O–H groups in total. The van der Waals surface area contributed by atoms with E-state index in [0.717, 1.165) is 44.6 Å². The molecule has 3 heterocycles. The van der Waals surface area contributed by atoms with Crippen LogP contribution in [0.25, 0.3) is 11.3 Å². The molecule has 31 heavy (non-hydrogen) atoms. The van der Waals surface area contributed by atoms with Gasteiger partial charge in [-0.1, -0.05) is 19.9 Å². The average molecular weight is 433 g/mol. The molecule has 6 nitrogen and oxygen atoms in total. The molecule has 5 rings (SSSR count). The van der Waals surface area contributed by atoms with E-state index in [4.69, 9.17) is 15.5 Å². The first-order valence-electron chi connectivity index (χ1n) is 10.7. The van der Waals surface area contributed by atoms with Gasteiger partial charge in [0.2, 0.25) is 0 Å². The second kappa shape index (κ2) is 7.34. The molecule has 3 aliphatic rings. The van der Waals surface area contributed by atoms with Gasteiger partial charge in [0.15, 0.2) is 0 Å². The molecule has 0 spiro atoms. The molecular weight excluding hydrogens is 407 g/mol. The number of imidazole rings is 1. The lowest BCUT2D eigenvalue weighted by atomic mass is 10.1. The molecule has 0 aromatic carbocycles. The molecule has 2 fully saturated rings. The molecule has 166 valence electrons. The highest BCUT2D eigenvalue weighted by molar-refractivity contribution is 5.62. The summed E-state index contributed by atoms with van der Waals surface area (Å²) in [5, 5.41) is 0. The van der Waals surface area contributed by atoms with Crippen LogP contribution in [0, 0.1) is 5.92 Å². The number of nitrogens with zero attached hydrogens (tertiary/aromatic N) is 4. The van der Waals surface area contributed by atoms with Gasteiger partial charge in [-0.2, -0.15) is 13.2 Å². The van der Waals surface area contributed by atoms with E-state index in [1.807, 2.05) is 20.0 Å². The summed E-state index contributed by atoms with van der Waals surface area (Å²) in [6.07, 6.45) is 2.13. The fourth-order valence-corrected chi connectivity index (χ4v) is 4.92. The highest BCUT2D eigenvalue weighted by Crippen LogP contribution is 2.58. The Morgan fingerprint density at radius 1 is 1.23 bits per heavy atom. The van der Waals surface area contributed by atoms with Crippen LogP contribution in [0.2, 0.25) is 0 Å². The Kier molecular flexibility index (Phi) is 4.86. The van der Waals surface area contributed by atoms with Gasteiger partial charge in [0.1, 0.15) is 11.6 Å². The van der Waals surface area contributed by atoms with Crippen LogP contribution in [0.4, 0.5) is 19.0 Å². The van der Waals surface area contributed by atoms with E-state index in [1.165, 1.54) is 11.8 Å². The van der Waals surface area contributed by atoms with Crippen molar-refractivity contribution in [2.75, 3.05) is 32.0 Å². The predicted molar refractivity (Wildman–Crippen MR) is 110 cm³/mol. The number of anilines is 1. The number of fused-ring (bicyclic) bond motifs is 1. The van der Waals surface area contributed by atoms with Gasteiger partial charge in [0.05, 0.1) is 30.5 Å². The Hall–Kier alpha value is -2.39. The Balaban J connectivity index is 1.43. The van der Waals surface area contributed by atoms with E-state index in [-0.39, 0.29) is 12.0 Å². The number of hydrogen-bond donors (Lipinski definition) is 1. The first-order chi connectivity index (χ1) is 14.7. The molecule has 1 saturated heterocycles. The van der Waals surface area contributed by atoms with Crippen LogP contribution in [0.1, 0.15) is 43.6 Å². The zero-order valence-corrected chi connectivity index (χ0v) is 17.6. The number of ether oxygens (including phenoxy) is 1. The number of allylic oxidation sites excluding steroid dienone is 1. The maximum Gasteiger partial charge on any atom is 0.419 e. The normalized spacial score (nSPS) is 26.3. The third-order valence-electron chi connectivity index (χ3n) is 6.53. The van der Waals surface area contributed by atoms with E-state index < -0.39 is 17.6 Å². The minimum atomic E-state index is -4.55. The molecule has 1 aliphatic heterocycles. The molecular formula is C22H26F3N5O. The Morgan fingerprint density at radius 3 is 2.58 bits per heavy atom. The van der Waals surface area contributed by atoms with Crippen molar-refractivity contribution in [3.05, 3.63) is 41.5 Å². The Bertz CT molecular complexity index is 1020. The number of nitrogen functional groups attached to an aromatic ring is 1. The molecule has 0 radical (unpaired) electrons. The van der Waals surface area contributed by atoms with Gasteiger partial charge in [-0.3, -0.25) is 4.90 Å². The summed E-state index contributed by atoms with van der Waals surface area (Å²) in [5.74, 6) is 0.983. The van der Waals surface area contributed by atoms with Gasteiger partial charge in [0.25, 0.3) is 0 Å². The van der Waals surface area contributed by atoms with Crippen molar-refractivity contribution in [3.8, 4) is 11.3 Å². The minimum Gasteiger partial charge on any atom is -0.383 e. The molecule has 2 unspecified atom stereocenters. The maximum atomic E-state index is 13.3. The summed E-state index contributed by atoms with van der Waals surface area (Å²) >= 11 is 0. The van der Waals surface area contributed by atoms with Crippen molar-refractivity contribution < 1.29 is 17.9 Å². The summed E-state index contributed by atoms with van der Waals surface area (Å²) in [5.41, 5.74) is 6.76. The third-order valence-corrected chi connectivity index (χ3v) is 6.53. The molecule has 2 aromatic heterocycles. The summed E-state index contributed by atoms with van der Waals surface area (Å²) in [6.45, 7) is 7.59. The summed E-state index contributed by atoms with van der Waals surface area (Å²) < 4.78 is 47.4. The quantitative estimate of drug-likeness (QED) is 0.742. The number of aromatic nitrogens is 3. The van der Waals surface area contributed by atoms with Crippen LogP contribution in [-0.2, 0) is 10.9 Å². The van der Waals surface area contributed by atoms with E-state index in [1.54, 1.807) is 0 Å². The van der Waals surface area contributed by atoms with Crippen LogP contribution < -0.4 is 5.73 Å². The van der Waals surface area contributed by atoms with Gasteiger partial charge >= 0.3 is 6.18 Å². The van der Waals surface area contributed by atoms with Crippen molar-refractivity contribution >= 4 is 5.82 Å². The number of halogens is 3. The van der Waals surface area contributed by atoms with Crippen molar-refractivity contribution in [1.29, 1.82) is 0 Å². The van der Waals surface area contributed by atoms with Crippen molar-refractivity contribution in [2.24, 2.45) is 5.92 Å². The van der Waals surface area contributed by atoms with Gasteiger partial charge in [-0.05, 0) is 18.1 Å². The number of hydrogen-bond acceptors (Lipinski definition) is 5. The zero-order chi connectivity index (χ0) is 21.9. The Morgan fingerprint density at radius 2 is 1.97 bits per heavy atom. The summed E-state index contributed by atoms with van der Waals surface area (Å²) in [7, 11) is 0. The largest absolute Gasteiger partial charge is 0.419 e. The highest BCUT2D eigenvalue weighted by atomic mass is 19.4. The lowest BCUT2D eigenvalue weighted by Crippen LogP contribution is -2.42. The monoisotopic (exact) mass is 433 g/mol. The minimum absolute atomic E-state index is 0.148. The van der Waals surface area contributed by atoms with Crippen LogP contribution in [0.5, 0.6) is 0 Å². The summed E-state index contributed by atoms with van der Waals surface area (Å²) in [6, 6.07) is 1.75. The standard InChI is InChI=1S/C22H26F3N5O/c1-12(2)21-28-18(13-7-17(22(23,24)25)20(26)27-10-13)11-30(21)19-15-8-14(9-16(15)19)29-3-5-31-6-4-29/h7-8,10-12,14,16,19H,3-6,9H2,1-2H3,(H2,26,27)/t14?,16-,19?/m0/s1. The predicted octanol–water partition coefficient (Wildman–Crippen LogP) is 3.87. The van der Waals surface area contributed by atoms with Crippen molar-refractivity contribution in [2.45, 2.75) is 44.4 Å². The third kappa shape index (κ3) is 3.63. The fourth-order valence-electron chi connectivity index (χ4n) is 4.92. The lowest BCUT2D eigenvalue weighted by Gasteiger charge is -2.32. The molecule has 2 aromatic rings. The van der Waals surface area contributed by atoms with Gasteiger partial charge in [-0.25, -0.2) is 9.97 Å². The van der Waals surface area contributed by atoms with Gasteiger partial charge in [0, 0.05) is 48.9 Å². The van der Waals surface area contributed by atoms with Crippen LogP contribution in [0.15, 0.2) is 30.1 Å². The summed E-state index contributed by atoms with van der Waals surface area (Å²) in [4.78, 5) is 10.9. The second-order valence-corrected chi connectivity index (χ2v) is 8.87. The van der Waals surface area contributed by atoms with Gasteiger partial charge in [-0.15, -0.1) is 0 Å². The molecule has 2 aliphatic carbocycles. The van der Waals surface area contributed by atoms with Crippen LogP contribution in [-0.4, -0.2) is 51.8 Å². The number of morpholine rings is 1. The van der Waals surface area contributed by atoms with Crippen molar-refractivity contribution in [1.82, 2.24) is 19.4 Å².